The Morgan fingerprint density at radius 3 is 1.92 bits per heavy atom. The van der Waals surface area contributed by atoms with Crippen molar-refractivity contribution in [2.75, 3.05) is 31.0 Å². The molecule has 0 amide bonds. The van der Waals surface area contributed by atoms with Gasteiger partial charge < -0.3 is 9.05 Å². The summed E-state index contributed by atoms with van der Waals surface area (Å²) in [6.45, 7) is 5.42. The number of hydrogen-bond acceptors (Lipinski definition) is 5. The average molecular weight is 385 g/mol. The van der Waals surface area contributed by atoms with E-state index in [-0.39, 0.29) is 12.7 Å². The first kappa shape index (κ1) is 23.2. The van der Waals surface area contributed by atoms with E-state index in [2.05, 4.69) is 13.8 Å². The van der Waals surface area contributed by atoms with Crippen LogP contribution < -0.4 is 5.06 Å². The second kappa shape index (κ2) is 14.2. The Morgan fingerprint density at radius 2 is 1.42 bits per heavy atom. The zero-order chi connectivity index (χ0) is 19.1. The Morgan fingerprint density at radius 1 is 0.885 bits per heavy atom. The molecule has 6 heteroatoms. The summed E-state index contributed by atoms with van der Waals surface area (Å²) in [5, 5.41) is 11.3. The summed E-state index contributed by atoms with van der Waals surface area (Å²) >= 11 is 0. The topological polar surface area (TPSA) is 59.0 Å². The van der Waals surface area contributed by atoms with Gasteiger partial charge in [0, 0.05) is 0 Å². The Bertz CT molecular complexity index is 480. The van der Waals surface area contributed by atoms with Crippen LogP contribution in [0, 0.1) is 0 Å². The van der Waals surface area contributed by atoms with Crippen LogP contribution in [0.4, 0.5) is 5.69 Å². The molecule has 0 heterocycles. The third-order valence-corrected chi connectivity index (χ3v) is 6.11. The smallest absolute Gasteiger partial charge is 0.309 e. The van der Waals surface area contributed by atoms with Crippen LogP contribution in [-0.4, -0.2) is 31.1 Å². The highest BCUT2D eigenvalue weighted by atomic mass is 31.2. The van der Waals surface area contributed by atoms with E-state index in [4.69, 9.17) is 9.05 Å². The van der Waals surface area contributed by atoms with Gasteiger partial charge in [0.15, 0.2) is 0 Å². The molecule has 0 radical (unpaired) electrons. The highest BCUT2D eigenvalue weighted by Gasteiger charge is 2.25. The predicted molar refractivity (Wildman–Crippen MR) is 108 cm³/mol. The fourth-order valence-corrected chi connectivity index (χ4v) is 4.16. The zero-order valence-corrected chi connectivity index (χ0v) is 17.3. The number of hydrogen-bond donors (Lipinski definition) is 1. The number of rotatable bonds is 16. The first-order chi connectivity index (χ1) is 12.6. The van der Waals surface area contributed by atoms with Crippen molar-refractivity contribution in [3.05, 3.63) is 30.3 Å². The largest absolute Gasteiger partial charge is 0.332 e. The van der Waals surface area contributed by atoms with Crippen molar-refractivity contribution in [3.63, 3.8) is 0 Å². The number of nitrogens with zero attached hydrogens (tertiary/aromatic N) is 1. The molecular formula is C20H36NO4P. The monoisotopic (exact) mass is 385 g/mol. The van der Waals surface area contributed by atoms with E-state index in [1.807, 2.05) is 30.3 Å². The lowest BCUT2D eigenvalue weighted by Crippen LogP contribution is -2.23. The van der Waals surface area contributed by atoms with Crippen molar-refractivity contribution in [2.45, 2.75) is 65.2 Å². The van der Waals surface area contributed by atoms with Crippen molar-refractivity contribution < 1.29 is 18.8 Å². The molecule has 0 aliphatic carbocycles. The predicted octanol–water partition coefficient (Wildman–Crippen LogP) is 6.27. The number of unbranched alkanes of at least 4 members (excludes halogenated alkanes) is 6. The SMILES string of the molecule is CCCCCCOP(=O)(CCN(O)c1ccccc1)OCCCCCC. The van der Waals surface area contributed by atoms with Crippen LogP contribution in [0.1, 0.15) is 65.2 Å². The molecule has 0 saturated heterocycles. The van der Waals surface area contributed by atoms with E-state index in [9.17, 15) is 9.77 Å². The minimum atomic E-state index is -3.19. The molecule has 1 N–H and O–H groups in total. The molecule has 0 saturated carbocycles. The molecule has 0 aliphatic heterocycles. The third-order valence-electron chi connectivity index (χ3n) is 4.21. The first-order valence-corrected chi connectivity index (χ1v) is 11.7. The maximum absolute atomic E-state index is 13.0. The van der Waals surface area contributed by atoms with Gasteiger partial charge in [-0.05, 0) is 25.0 Å². The number of benzene rings is 1. The molecule has 0 aliphatic rings. The molecule has 1 rings (SSSR count). The maximum Gasteiger partial charge on any atom is 0.332 e. The molecule has 150 valence electrons. The Balaban J connectivity index is 2.48. The van der Waals surface area contributed by atoms with Crippen LogP contribution in [0.2, 0.25) is 0 Å². The van der Waals surface area contributed by atoms with Crippen LogP contribution in [-0.2, 0) is 13.6 Å². The van der Waals surface area contributed by atoms with E-state index in [0.29, 0.717) is 18.9 Å². The number of para-hydroxylation sites is 1. The van der Waals surface area contributed by atoms with E-state index in [1.54, 1.807) is 0 Å². The Labute approximate surface area is 159 Å². The van der Waals surface area contributed by atoms with Gasteiger partial charge in [-0.2, -0.15) is 0 Å². The van der Waals surface area contributed by atoms with Crippen molar-refractivity contribution in [1.29, 1.82) is 0 Å². The van der Waals surface area contributed by atoms with Crippen LogP contribution in [0.3, 0.4) is 0 Å². The maximum atomic E-state index is 13.0. The van der Waals surface area contributed by atoms with Gasteiger partial charge >= 0.3 is 7.60 Å². The summed E-state index contributed by atoms with van der Waals surface area (Å²) in [5.74, 6) is 0. The van der Waals surface area contributed by atoms with E-state index in [1.165, 1.54) is 0 Å². The molecule has 0 aromatic heterocycles. The second-order valence-corrected chi connectivity index (χ2v) is 8.77. The Hall–Kier alpha value is -0.870. The van der Waals surface area contributed by atoms with Gasteiger partial charge in [-0.3, -0.25) is 14.8 Å². The van der Waals surface area contributed by atoms with Gasteiger partial charge in [0.1, 0.15) is 0 Å². The van der Waals surface area contributed by atoms with Crippen LogP contribution in [0.15, 0.2) is 30.3 Å². The molecule has 1 aromatic carbocycles. The minimum absolute atomic E-state index is 0.181. The lowest BCUT2D eigenvalue weighted by Gasteiger charge is -2.22. The number of anilines is 1. The summed E-state index contributed by atoms with van der Waals surface area (Å²) < 4.78 is 24.4. The fourth-order valence-electron chi connectivity index (χ4n) is 2.58. The molecule has 0 spiro atoms. The summed E-state index contributed by atoms with van der Waals surface area (Å²) in [6, 6.07) is 9.21. The molecule has 0 bridgehead atoms. The number of hydroxylamine groups is 1. The second-order valence-electron chi connectivity index (χ2n) is 6.58. The van der Waals surface area contributed by atoms with Gasteiger partial charge in [0.2, 0.25) is 0 Å². The van der Waals surface area contributed by atoms with Gasteiger partial charge in [0.05, 0.1) is 31.6 Å². The van der Waals surface area contributed by atoms with Crippen molar-refractivity contribution >= 4 is 13.3 Å². The van der Waals surface area contributed by atoms with Gasteiger partial charge in [-0.25, -0.2) is 0 Å². The Kier molecular flexibility index (Phi) is 12.7. The quantitative estimate of drug-likeness (QED) is 0.206. The summed E-state index contributed by atoms with van der Waals surface area (Å²) in [7, 11) is -3.19. The average Bonchev–Trinajstić information content (AvgIpc) is 2.67. The summed E-state index contributed by atoms with van der Waals surface area (Å²) in [5.41, 5.74) is 0.671. The molecule has 0 unspecified atom stereocenters. The van der Waals surface area contributed by atoms with E-state index >= 15 is 0 Å². The summed E-state index contributed by atoms with van der Waals surface area (Å²) in [6.07, 6.45) is 8.72. The van der Waals surface area contributed by atoms with Gasteiger partial charge in [-0.15, -0.1) is 0 Å². The molecule has 26 heavy (non-hydrogen) atoms. The molecule has 5 nitrogen and oxygen atoms in total. The van der Waals surface area contributed by atoms with Gasteiger partial charge in [-0.1, -0.05) is 70.6 Å². The molecule has 1 aromatic rings. The molecular weight excluding hydrogens is 349 g/mol. The van der Waals surface area contributed by atoms with Gasteiger partial charge in [0.25, 0.3) is 0 Å². The van der Waals surface area contributed by atoms with Crippen LogP contribution in [0.25, 0.3) is 0 Å². The lowest BCUT2D eigenvalue weighted by atomic mass is 10.2. The van der Waals surface area contributed by atoms with E-state index < -0.39 is 7.60 Å². The standard InChI is InChI=1S/C20H36NO4P/c1-3-5-7-12-17-24-26(23,25-18-13-8-6-4-2)19-16-21(22)20-14-10-9-11-15-20/h9-11,14-15,22H,3-8,12-13,16-19H2,1-2H3. The fraction of sp³-hybridized carbons (Fsp3) is 0.700. The zero-order valence-electron chi connectivity index (χ0n) is 16.4. The third kappa shape index (κ3) is 10.3. The van der Waals surface area contributed by atoms with E-state index in [0.717, 1.165) is 56.4 Å². The van der Waals surface area contributed by atoms with Crippen molar-refractivity contribution in [1.82, 2.24) is 0 Å². The first-order valence-electron chi connectivity index (χ1n) is 10.0. The van der Waals surface area contributed by atoms with Crippen LogP contribution in [0.5, 0.6) is 0 Å². The highest BCUT2D eigenvalue weighted by molar-refractivity contribution is 7.53. The highest BCUT2D eigenvalue weighted by Crippen LogP contribution is 2.48. The van der Waals surface area contributed by atoms with Crippen molar-refractivity contribution in [3.8, 4) is 0 Å². The normalized spacial score (nSPS) is 11.7. The minimum Gasteiger partial charge on any atom is -0.309 e. The van der Waals surface area contributed by atoms with Crippen molar-refractivity contribution in [2.24, 2.45) is 0 Å². The lowest BCUT2D eigenvalue weighted by molar-refractivity contribution is 0.194. The van der Waals surface area contributed by atoms with Crippen LogP contribution >= 0.6 is 7.60 Å². The molecule has 0 atom stereocenters. The molecule has 0 fully saturated rings. The summed E-state index contributed by atoms with van der Waals surface area (Å²) in [4.78, 5) is 0.